The van der Waals surface area contributed by atoms with Crippen LogP contribution in [0.25, 0.3) is 11.6 Å². The van der Waals surface area contributed by atoms with Gasteiger partial charge in [0.2, 0.25) is 11.8 Å². The number of anilines is 1. The Hall–Kier alpha value is -4.65. The largest absolute Gasteiger partial charge is 0.480 e. The maximum Gasteiger partial charge on any atom is 0.326 e. The first-order valence-electron chi connectivity index (χ1n) is 14.5. The number of fused-ring (bicyclic) bond motifs is 1. The highest BCUT2D eigenvalue weighted by Gasteiger charge is 2.37. The third-order valence-corrected chi connectivity index (χ3v) is 7.54. The van der Waals surface area contributed by atoms with E-state index in [1.54, 1.807) is 13.8 Å². The van der Waals surface area contributed by atoms with Gasteiger partial charge in [-0.1, -0.05) is 13.8 Å². The Morgan fingerprint density at radius 2 is 1.84 bits per heavy atom. The summed E-state index contributed by atoms with van der Waals surface area (Å²) in [5, 5.41) is 14.7. The number of aliphatic carboxylic acids is 1. The van der Waals surface area contributed by atoms with Gasteiger partial charge in [0.15, 0.2) is 0 Å². The molecule has 0 radical (unpaired) electrons. The number of rotatable bonds is 15. The molecule has 236 valence electrons. The SMILES string of the molecule is CCN(CC)CCNC(=O)c1c(C)[nH]c(/C=C2\C(=O)N(C(=O)CC[C@@H](NC(=O)CCC=O)C(=O)O)c3ccc(F)cc32)c1C. The molecule has 13 heteroatoms. The van der Waals surface area contributed by atoms with Crippen LogP contribution in [0.4, 0.5) is 10.1 Å². The second kappa shape index (κ2) is 15.2. The molecular formula is C31H38FN5O7. The van der Waals surface area contributed by atoms with Crippen LogP contribution in [-0.2, 0) is 24.0 Å². The number of halogens is 1. The number of carboxylic acids is 1. The fraction of sp³-hybridized carbons (Fsp3) is 0.419. The van der Waals surface area contributed by atoms with E-state index >= 15 is 0 Å². The lowest BCUT2D eigenvalue weighted by molar-refractivity contribution is -0.142. The topological polar surface area (TPSA) is 169 Å². The molecular weight excluding hydrogens is 573 g/mol. The van der Waals surface area contributed by atoms with Gasteiger partial charge in [-0.3, -0.25) is 19.2 Å². The molecule has 44 heavy (non-hydrogen) atoms. The summed E-state index contributed by atoms with van der Waals surface area (Å²) >= 11 is 0. The first kappa shape index (κ1) is 33.8. The second-order valence-electron chi connectivity index (χ2n) is 10.4. The monoisotopic (exact) mass is 611 g/mol. The van der Waals surface area contributed by atoms with E-state index in [-0.39, 0.29) is 42.0 Å². The number of nitrogens with one attached hydrogen (secondary N) is 3. The summed E-state index contributed by atoms with van der Waals surface area (Å²) in [6.45, 7) is 10.4. The lowest BCUT2D eigenvalue weighted by Gasteiger charge is -2.18. The highest BCUT2D eigenvalue weighted by molar-refractivity contribution is 6.42. The van der Waals surface area contributed by atoms with Gasteiger partial charge in [-0.2, -0.15) is 0 Å². The van der Waals surface area contributed by atoms with Gasteiger partial charge in [0.25, 0.3) is 11.8 Å². The van der Waals surface area contributed by atoms with E-state index in [2.05, 4.69) is 20.5 Å². The van der Waals surface area contributed by atoms with Crippen LogP contribution in [-0.4, -0.2) is 83.1 Å². The summed E-state index contributed by atoms with van der Waals surface area (Å²) in [7, 11) is 0. The zero-order valence-corrected chi connectivity index (χ0v) is 25.3. The smallest absolute Gasteiger partial charge is 0.326 e. The van der Waals surface area contributed by atoms with E-state index in [0.29, 0.717) is 41.9 Å². The zero-order chi connectivity index (χ0) is 32.6. The Kier molecular flexibility index (Phi) is 11.7. The van der Waals surface area contributed by atoms with Crippen LogP contribution >= 0.6 is 0 Å². The van der Waals surface area contributed by atoms with Crippen molar-refractivity contribution in [3.8, 4) is 0 Å². The molecule has 2 heterocycles. The number of carbonyl (C=O) groups excluding carboxylic acids is 5. The Labute approximate surface area is 254 Å². The average molecular weight is 612 g/mol. The molecule has 0 saturated heterocycles. The third kappa shape index (κ3) is 7.84. The Balaban J connectivity index is 1.85. The Morgan fingerprint density at radius 3 is 2.48 bits per heavy atom. The van der Waals surface area contributed by atoms with Crippen molar-refractivity contribution in [3.63, 3.8) is 0 Å². The van der Waals surface area contributed by atoms with Gasteiger partial charge in [0.05, 0.1) is 16.8 Å². The lowest BCUT2D eigenvalue weighted by Crippen LogP contribution is -2.42. The summed E-state index contributed by atoms with van der Waals surface area (Å²) in [4.78, 5) is 80.1. The van der Waals surface area contributed by atoms with E-state index in [4.69, 9.17) is 0 Å². The van der Waals surface area contributed by atoms with E-state index in [0.717, 1.165) is 30.1 Å². The molecule has 2 aromatic rings. The van der Waals surface area contributed by atoms with Crippen molar-refractivity contribution in [2.24, 2.45) is 0 Å². The Bertz CT molecular complexity index is 1480. The van der Waals surface area contributed by atoms with Crippen LogP contribution in [0, 0.1) is 19.7 Å². The first-order valence-corrected chi connectivity index (χ1v) is 14.5. The predicted octanol–water partition coefficient (Wildman–Crippen LogP) is 2.58. The van der Waals surface area contributed by atoms with E-state index in [1.165, 1.54) is 12.1 Å². The van der Waals surface area contributed by atoms with Crippen LogP contribution in [0.15, 0.2) is 18.2 Å². The molecule has 0 saturated carbocycles. The molecule has 0 spiro atoms. The standard InChI is InChI=1S/C31H38FN5O7/c1-5-36(6-2)14-13-33-29(41)28-18(3)24(34-19(28)4)17-22-21-16-20(32)9-11-25(21)37(30(22)42)27(40)12-10-23(31(43)44)35-26(39)8-7-15-38/h9,11,15-17,23,34H,5-8,10,12-14H2,1-4H3,(H,33,41)(H,35,39)(H,43,44)/b22-17-/t23-/m1/s1. The third-order valence-electron chi connectivity index (χ3n) is 7.54. The van der Waals surface area contributed by atoms with Crippen LogP contribution in [0.3, 0.4) is 0 Å². The number of aromatic amines is 1. The van der Waals surface area contributed by atoms with Crippen LogP contribution < -0.4 is 15.5 Å². The summed E-state index contributed by atoms with van der Waals surface area (Å²) < 4.78 is 14.3. The quantitative estimate of drug-likeness (QED) is 0.176. The van der Waals surface area contributed by atoms with Crippen molar-refractivity contribution in [2.75, 3.05) is 31.1 Å². The molecule has 3 rings (SSSR count). The van der Waals surface area contributed by atoms with Gasteiger partial charge in [0.1, 0.15) is 18.1 Å². The van der Waals surface area contributed by atoms with Gasteiger partial charge in [-0.05, 0) is 63.2 Å². The number of hydrogen-bond donors (Lipinski definition) is 4. The molecule has 1 aromatic heterocycles. The Morgan fingerprint density at radius 1 is 1.14 bits per heavy atom. The van der Waals surface area contributed by atoms with E-state index in [9.17, 15) is 38.3 Å². The summed E-state index contributed by atoms with van der Waals surface area (Å²) in [5.74, 6) is -4.43. The number of amides is 4. The minimum Gasteiger partial charge on any atom is -0.480 e. The average Bonchev–Trinajstić information content (AvgIpc) is 3.42. The van der Waals surface area contributed by atoms with Gasteiger partial charge in [-0.15, -0.1) is 0 Å². The maximum absolute atomic E-state index is 14.3. The number of H-pyrrole nitrogens is 1. The van der Waals surface area contributed by atoms with Crippen molar-refractivity contribution >= 4 is 53.2 Å². The predicted molar refractivity (Wildman–Crippen MR) is 161 cm³/mol. The fourth-order valence-corrected chi connectivity index (χ4v) is 5.10. The molecule has 0 aliphatic carbocycles. The summed E-state index contributed by atoms with van der Waals surface area (Å²) in [5.41, 5.74) is 2.31. The number of aldehydes is 1. The highest BCUT2D eigenvalue weighted by atomic mass is 19.1. The highest BCUT2D eigenvalue weighted by Crippen LogP contribution is 2.39. The summed E-state index contributed by atoms with van der Waals surface area (Å²) in [6.07, 6.45) is 0.988. The number of imide groups is 1. The van der Waals surface area contributed by atoms with Crippen molar-refractivity contribution in [2.45, 2.75) is 59.4 Å². The molecule has 4 amide bonds. The van der Waals surface area contributed by atoms with Gasteiger partial charge >= 0.3 is 5.97 Å². The van der Waals surface area contributed by atoms with Crippen LogP contribution in [0.5, 0.6) is 0 Å². The van der Waals surface area contributed by atoms with E-state index < -0.39 is 42.0 Å². The number of carbonyl (C=O) groups is 6. The first-order chi connectivity index (χ1) is 20.9. The number of aryl methyl sites for hydroxylation is 1. The minimum atomic E-state index is -1.42. The number of aromatic nitrogens is 1. The number of hydrogen-bond acceptors (Lipinski definition) is 7. The van der Waals surface area contributed by atoms with Crippen molar-refractivity contribution in [3.05, 3.63) is 52.1 Å². The lowest BCUT2D eigenvalue weighted by atomic mass is 10.0. The zero-order valence-electron chi connectivity index (χ0n) is 25.3. The van der Waals surface area contributed by atoms with E-state index in [1.807, 2.05) is 13.8 Å². The summed E-state index contributed by atoms with van der Waals surface area (Å²) in [6, 6.07) is 2.11. The molecule has 0 fully saturated rings. The second-order valence-corrected chi connectivity index (χ2v) is 10.4. The number of nitrogens with zero attached hydrogens (tertiary/aromatic N) is 2. The van der Waals surface area contributed by atoms with Gasteiger partial charge in [0, 0.05) is 49.3 Å². The maximum atomic E-state index is 14.3. The molecule has 12 nitrogen and oxygen atoms in total. The molecule has 1 aliphatic heterocycles. The number of carboxylic acid groups (broad SMARTS) is 1. The number of likely N-dealkylation sites (N-methyl/N-ethyl adjacent to an activating group) is 1. The number of benzene rings is 1. The normalized spacial score (nSPS) is 14.1. The van der Waals surface area contributed by atoms with Crippen molar-refractivity contribution in [1.29, 1.82) is 0 Å². The molecule has 1 aliphatic rings. The van der Waals surface area contributed by atoms with Crippen LogP contribution in [0.1, 0.15) is 72.4 Å². The van der Waals surface area contributed by atoms with Gasteiger partial charge < -0.3 is 30.4 Å². The van der Waals surface area contributed by atoms with Crippen molar-refractivity contribution in [1.82, 2.24) is 20.5 Å². The minimum absolute atomic E-state index is 0.0163. The molecule has 1 atom stereocenters. The molecule has 0 bridgehead atoms. The molecule has 0 unspecified atom stereocenters. The van der Waals surface area contributed by atoms with Crippen molar-refractivity contribution < 1.29 is 38.3 Å². The molecule has 1 aromatic carbocycles. The molecule has 4 N–H and O–H groups in total. The fourth-order valence-electron chi connectivity index (χ4n) is 5.10. The van der Waals surface area contributed by atoms with Crippen LogP contribution in [0.2, 0.25) is 0 Å². The van der Waals surface area contributed by atoms with Gasteiger partial charge in [-0.25, -0.2) is 14.1 Å².